The molecule has 0 saturated heterocycles. The highest BCUT2D eigenvalue weighted by Gasteiger charge is 2.15. The van der Waals surface area contributed by atoms with Crippen molar-refractivity contribution in [3.05, 3.63) is 77.4 Å². The number of hydrazine groups is 1. The number of hydrogen-bond donors (Lipinski definition) is 4. The van der Waals surface area contributed by atoms with Crippen LogP contribution in [0, 0.1) is 0 Å². The van der Waals surface area contributed by atoms with Gasteiger partial charge in [-0.05, 0) is 17.2 Å². The van der Waals surface area contributed by atoms with Crippen molar-refractivity contribution in [2.75, 3.05) is 11.2 Å². The van der Waals surface area contributed by atoms with Crippen molar-refractivity contribution >= 4 is 17.3 Å². The highest BCUT2D eigenvalue weighted by atomic mass is 16.1. The molecule has 0 spiro atoms. The van der Waals surface area contributed by atoms with Crippen LogP contribution in [0.25, 0.3) is 0 Å². The van der Waals surface area contributed by atoms with E-state index in [1.807, 2.05) is 47.0 Å². The second kappa shape index (κ2) is 7.71. The van der Waals surface area contributed by atoms with E-state index in [2.05, 4.69) is 10.4 Å². The van der Waals surface area contributed by atoms with Gasteiger partial charge in [0.25, 0.3) is 0 Å². The van der Waals surface area contributed by atoms with Crippen molar-refractivity contribution in [2.45, 2.75) is 19.4 Å². The van der Waals surface area contributed by atoms with Gasteiger partial charge >= 0.3 is 0 Å². The second-order valence-corrected chi connectivity index (χ2v) is 6.10. The monoisotopic (exact) mass is 350 g/mol. The first-order valence-corrected chi connectivity index (χ1v) is 8.27. The Morgan fingerprint density at radius 1 is 1.12 bits per heavy atom. The number of nitrogens with one attached hydrogen (secondary N) is 1. The van der Waals surface area contributed by atoms with E-state index in [0.717, 1.165) is 22.5 Å². The number of carbonyl (C=O) groups excluding carboxylic acids is 1. The third-order valence-corrected chi connectivity index (χ3v) is 4.26. The summed E-state index contributed by atoms with van der Waals surface area (Å²) in [6.07, 6.45) is 2.48. The van der Waals surface area contributed by atoms with Crippen molar-refractivity contribution < 1.29 is 4.79 Å². The molecule has 0 aliphatic carbocycles. The molecule has 0 aliphatic rings. The molecule has 1 amide bonds. The summed E-state index contributed by atoms with van der Waals surface area (Å²) in [5.41, 5.74) is 18.9. The van der Waals surface area contributed by atoms with Gasteiger partial charge in [-0.1, -0.05) is 42.5 Å². The molecule has 1 aromatic heterocycles. The van der Waals surface area contributed by atoms with E-state index in [4.69, 9.17) is 17.3 Å². The predicted octanol–water partition coefficient (Wildman–Crippen LogP) is 1.42. The van der Waals surface area contributed by atoms with Gasteiger partial charge in [-0.25, -0.2) is 4.98 Å². The van der Waals surface area contributed by atoms with Crippen LogP contribution in [-0.4, -0.2) is 15.5 Å². The number of benzene rings is 2. The molecule has 7 heteroatoms. The third kappa shape index (κ3) is 3.84. The lowest BCUT2D eigenvalue weighted by Gasteiger charge is -2.14. The Kier molecular flexibility index (Phi) is 5.19. The number of primary amides is 1. The number of nitrogens with zero attached hydrogens (tertiary/aromatic N) is 2. The van der Waals surface area contributed by atoms with E-state index < -0.39 is 5.91 Å². The lowest BCUT2D eigenvalue weighted by atomic mass is 10.1. The molecule has 1 heterocycles. The van der Waals surface area contributed by atoms with E-state index >= 15 is 0 Å². The molecular weight excluding hydrogens is 328 g/mol. The minimum absolute atomic E-state index is 0.121. The molecule has 0 aliphatic heterocycles. The third-order valence-electron chi connectivity index (χ3n) is 4.26. The molecule has 2 aromatic carbocycles. The largest absolute Gasteiger partial charge is 0.397 e. The fraction of sp³-hybridized carbons (Fsp3) is 0.158. The number of anilines is 2. The minimum Gasteiger partial charge on any atom is -0.397 e. The fourth-order valence-electron chi connectivity index (χ4n) is 3.00. The van der Waals surface area contributed by atoms with Gasteiger partial charge in [-0.3, -0.25) is 10.6 Å². The van der Waals surface area contributed by atoms with E-state index in [9.17, 15) is 4.79 Å². The topological polar surface area (TPSA) is 125 Å². The predicted molar refractivity (Wildman–Crippen MR) is 102 cm³/mol. The molecule has 0 bridgehead atoms. The first-order valence-electron chi connectivity index (χ1n) is 8.27. The van der Waals surface area contributed by atoms with Gasteiger partial charge in [-0.2, -0.15) is 0 Å². The van der Waals surface area contributed by atoms with Crippen LogP contribution >= 0.6 is 0 Å². The number of nitrogens with two attached hydrogens (primary N) is 3. The molecule has 134 valence electrons. The van der Waals surface area contributed by atoms with E-state index in [1.54, 1.807) is 12.4 Å². The number of rotatable bonds is 7. The zero-order valence-corrected chi connectivity index (χ0v) is 14.4. The van der Waals surface area contributed by atoms with Crippen LogP contribution in [0.5, 0.6) is 0 Å². The molecule has 0 radical (unpaired) electrons. The average molecular weight is 350 g/mol. The van der Waals surface area contributed by atoms with Gasteiger partial charge in [0.2, 0.25) is 5.91 Å². The molecular formula is C19H22N6O. The Morgan fingerprint density at radius 2 is 1.88 bits per heavy atom. The van der Waals surface area contributed by atoms with E-state index in [-0.39, 0.29) is 6.42 Å². The molecule has 26 heavy (non-hydrogen) atoms. The van der Waals surface area contributed by atoms with Crippen LogP contribution in [0.3, 0.4) is 0 Å². The van der Waals surface area contributed by atoms with Crippen LogP contribution < -0.4 is 22.7 Å². The zero-order valence-electron chi connectivity index (χ0n) is 14.4. The first kappa shape index (κ1) is 17.5. The molecule has 0 saturated carbocycles. The Hall–Kier alpha value is -3.32. The molecule has 0 atom stereocenters. The molecule has 7 nitrogen and oxygen atoms in total. The van der Waals surface area contributed by atoms with Gasteiger partial charge in [0.15, 0.2) is 0 Å². The number of carbonyl (C=O) groups is 1. The summed E-state index contributed by atoms with van der Waals surface area (Å²) >= 11 is 0. The summed E-state index contributed by atoms with van der Waals surface area (Å²) < 4.78 is 1.92. The van der Waals surface area contributed by atoms with Crippen molar-refractivity contribution in [2.24, 2.45) is 11.6 Å². The van der Waals surface area contributed by atoms with Crippen molar-refractivity contribution in [3.8, 4) is 0 Å². The number of amides is 1. The Balaban J connectivity index is 1.94. The molecule has 3 aromatic rings. The van der Waals surface area contributed by atoms with E-state index in [0.29, 0.717) is 24.3 Å². The van der Waals surface area contributed by atoms with Gasteiger partial charge in [0.05, 0.1) is 42.1 Å². The maximum absolute atomic E-state index is 11.6. The minimum atomic E-state index is -0.397. The highest BCUT2D eigenvalue weighted by molar-refractivity contribution is 5.76. The van der Waals surface area contributed by atoms with Gasteiger partial charge in [0, 0.05) is 6.42 Å². The van der Waals surface area contributed by atoms with Crippen molar-refractivity contribution in [3.63, 3.8) is 0 Å². The summed E-state index contributed by atoms with van der Waals surface area (Å²) in [7, 11) is 0. The molecule has 7 N–H and O–H groups in total. The standard InChI is InChI=1S/C19H22N6O/c20-15-8-4-7-14(19(15)24-22)11-25-12-23-16(17(25)10-18(21)26)9-13-5-2-1-3-6-13/h1-8,12,24H,9-11,20,22H2,(H2,21,26). The van der Waals surface area contributed by atoms with Gasteiger partial charge in [0.1, 0.15) is 0 Å². The van der Waals surface area contributed by atoms with Crippen LogP contribution in [-0.2, 0) is 24.2 Å². The summed E-state index contributed by atoms with van der Waals surface area (Å²) in [6.45, 7) is 0.481. The van der Waals surface area contributed by atoms with Crippen LogP contribution in [0.4, 0.5) is 11.4 Å². The smallest absolute Gasteiger partial charge is 0.223 e. The second-order valence-electron chi connectivity index (χ2n) is 6.10. The Labute approximate surface area is 151 Å². The highest BCUT2D eigenvalue weighted by Crippen LogP contribution is 2.24. The van der Waals surface area contributed by atoms with Crippen LogP contribution in [0.1, 0.15) is 22.5 Å². The fourth-order valence-corrected chi connectivity index (χ4v) is 3.00. The number of imidazole rings is 1. The van der Waals surface area contributed by atoms with Crippen molar-refractivity contribution in [1.82, 2.24) is 9.55 Å². The molecule has 3 rings (SSSR count). The normalized spacial score (nSPS) is 10.7. The quantitative estimate of drug-likeness (QED) is 0.291. The number of nitrogen functional groups attached to an aromatic ring is 2. The SMILES string of the molecule is NNc1c(N)cccc1Cn1cnc(Cc2ccccc2)c1CC(N)=O. The number of hydrogen-bond acceptors (Lipinski definition) is 5. The average Bonchev–Trinajstić information content (AvgIpc) is 2.97. The lowest BCUT2D eigenvalue weighted by molar-refractivity contribution is -0.117. The molecule has 0 unspecified atom stereocenters. The number of aromatic nitrogens is 2. The van der Waals surface area contributed by atoms with Crippen molar-refractivity contribution in [1.29, 1.82) is 0 Å². The lowest BCUT2D eigenvalue weighted by Crippen LogP contribution is -2.19. The summed E-state index contributed by atoms with van der Waals surface area (Å²) in [6, 6.07) is 15.5. The van der Waals surface area contributed by atoms with E-state index in [1.165, 1.54) is 0 Å². The maximum Gasteiger partial charge on any atom is 0.223 e. The Morgan fingerprint density at radius 3 is 2.58 bits per heavy atom. The number of para-hydroxylation sites is 1. The maximum atomic E-state index is 11.6. The van der Waals surface area contributed by atoms with Crippen LogP contribution in [0.15, 0.2) is 54.9 Å². The van der Waals surface area contributed by atoms with Gasteiger partial charge < -0.3 is 21.5 Å². The first-order chi connectivity index (χ1) is 12.6. The summed E-state index contributed by atoms with van der Waals surface area (Å²) in [4.78, 5) is 16.1. The summed E-state index contributed by atoms with van der Waals surface area (Å²) in [5.74, 6) is 5.20. The Bertz CT molecular complexity index is 904. The van der Waals surface area contributed by atoms with Gasteiger partial charge in [-0.15, -0.1) is 0 Å². The zero-order chi connectivity index (χ0) is 18.5. The summed E-state index contributed by atoms with van der Waals surface area (Å²) in [5, 5.41) is 0. The molecule has 0 fully saturated rings. The van der Waals surface area contributed by atoms with Crippen LogP contribution in [0.2, 0.25) is 0 Å².